The number of aryl methyl sites for hydroxylation is 1. The second kappa shape index (κ2) is 8.60. The molecule has 1 atom stereocenters. The Labute approximate surface area is 153 Å². The third kappa shape index (κ3) is 5.14. The van der Waals surface area contributed by atoms with Crippen molar-refractivity contribution >= 4 is 25.4 Å². The van der Waals surface area contributed by atoms with Gasteiger partial charge in [0.25, 0.3) is 0 Å². The molecule has 0 N–H and O–H groups in total. The first-order valence-electron chi connectivity index (χ1n) is 8.42. The number of ether oxygens (including phenoxy) is 2. The van der Waals surface area contributed by atoms with Gasteiger partial charge >= 0.3 is 0 Å². The van der Waals surface area contributed by atoms with Gasteiger partial charge in [0.2, 0.25) is 0 Å². The molecule has 0 aliphatic heterocycles. The fourth-order valence-electron chi connectivity index (χ4n) is 2.62. The Morgan fingerprint density at radius 3 is 2.48 bits per heavy atom. The molecular formula is C21H28NO2P. The smallest absolute Gasteiger partial charge is 0.188 e. The quantitative estimate of drug-likeness (QED) is 0.445. The van der Waals surface area contributed by atoms with E-state index in [9.17, 15) is 0 Å². The van der Waals surface area contributed by atoms with Crippen molar-refractivity contribution in [1.82, 2.24) is 0 Å². The van der Waals surface area contributed by atoms with Crippen molar-refractivity contribution in [3.63, 3.8) is 0 Å². The van der Waals surface area contributed by atoms with Gasteiger partial charge in [-0.2, -0.15) is 0 Å². The van der Waals surface area contributed by atoms with Gasteiger partial charge in [-0.15, -0.1) is 0 Å². The Morgan fingerprint density at radius 1 is 1.12 bits per heavy atom. The van der Waals surface area contributed by atoms with Gasteiger partial charge in [0.1, 0.15) is 5.75 Å². The fourth-order valence-corrected chi connectivity index (χ4v) is 3.99. The highest BCUT2D eigenvalue weighted by molar-refractivity contribution is 7.56. The molecule has 134 valence electrons. The second-order valence-corrected chi connectivity index (χ2v) is 8.40. The van der Waals surface area contributed by atoms with Gasteiger partial charge in [-0.25, -0.2) is 0 Å². The van der Waals surface area contributed by atoms with Gasteiger partial charge in [0, 0.05) is 25.7 Å². The monoisotopic (exact) mass is 357 g/mol. The standard InChI is InChI=1S/C21H28NO2P/c1-15-11-17(21(2,3)4)12-19(20(15)24-14-23-6)25-18-10-8-7-9-16(18)13-22-5/h7-13,25H,14H2,1-6H3. The summed E-state index contributed by atoms with van der Waals surface area (Å²) in [7, 11) is 3.95. The predicted molar refractivity (Wildman–Crippen MR) is 110 cm³/mol. The summed E-state index contributed by atoms with van der Waals surface area (Å²) >= 11 is 0. The predicted octanol–water partition coefficient (Wildman–Crippen LogP) is 3.95. The fraction of sp³-hybridized carbons (Fsp3) is 0.381. The van der Waals surface area contributed by atoms with E-state index in [4.69, 9.17) is 9.47 Å². The normalized spacial score (nSPS) is 12.4. The molecule has 1 unspecified atom stereocenters. The van der Waals surface area contributed by atoms with E-state index in [1.807, 2.05) is 12.3 Å². The third-order valence-electron chi connectivity index (χ3n) is 3.96. The van der Waals surface area contributed by atoms with E-state index in [-0.39, 0.29) is 12.2 Å². The van der Waals surface area contributed by atoms with Crippen LogP contribution in [0, 0.1) is 6.92 Å². The summed E-state index contributed by atoms with van der Waals surface area (Å²) < 4.78 is 11.0. The van der Waals surface area contributed by atoms with E-state index in [2.05, 4.69) is 63.0 Å². The minimum absolute atomic E-state index is 0.0914. The van der Waals surface area contributed by atoms with Gasteiger partial charge in [0.15, 0.2) is 6.79 Å². The average molecular weight is 357 g/mol. The van der Waals surface area contributed by atoms with E-state index in [0.717, 1.165) is 16.9 Å². The maximum absolute atomic E-state index is 5.91. The molecule has 0 heterocycles. The third-order valence-corrected chi connectivity index (χ3v) is 5.33. The summed E-state index contributed by atoms with van der Waals surface area (Å²) in [4.78, 5) is 4.18. The Morgan fingerprint density at radius 2 is 1.84 bits per heavy atom. The van der Waals surface area contributed by atoms with Crippen molar-refractivity contribution in [2.24, 2.45) is 4.99 Å². The molecule has 0 saturated heterocycles. The molecule has 2 aromatic carbocycles. The van der Waals surface area contributed by atoms with Crippen molar-refractivity contribution in [3.8, 4) is 5.75 Å². The maximum atomic E-state index is 5.91. The van der Waals surface area contributed by atoms with Crippen LogP contribution in [0.4, 0.5) is 0 Å². The molecule has 0 saturated carbocycles. The number of methoxy groups -OCH3 is 1. The molecule has 2 rings (SSSR count). The van der Waals surface area contributed by atoms with E-state index in [1.54, 1.807) is 14.2 Å². The topological polar surface area (TPSA) is 30.8 Å². The van der Waals surface area contributed by atoms with E-state index in [1.165, 1.54) is 16.2 Å². The van der Waals surface area contributed by atoms with Crippen molar-refractivity contribution in [3.05, 3.63) is 53.1 Å². The lowest BCUT2D eigenvalue weighted by atomic mass is 9.86. The Kier molecular flexibility index (Phi) is 6.75. The molecule has 2 aromatic rings. The van der Waals surface area contributed by atoms with Gasteiger partial charge in [-0.05, 0) is 40.4 Å². The minimum Gasteiger partial charge on any atom is -0.467 e. The highest BCUT2D eigenvalue weighted by Gasteiger charge is 2.19. The largest absolute Gasteiger partial charge is 0.467 e. The van der Waals surface area contributed by atoms with Gasteiger partial charge < -0.3 is 9.47 Å². The molecule has 4 heteroatoms. The van der Waals surface area contributed by atoms with Crippen LogP contribution in [0.3, 0.4) is 0 Å². The average Bonchev–Trinajstić information content (AvgIpc) is 2.55. The van der Waals surface area contributed by atoms with Crippen molar-refractivity contribution in [2.45, 2.75) is 33.1 Å². The molecule has 3 nitrogen and oxygen atoms in total. The van der Waals surface area contributed by atoms with E-state index < -0.39 is 0 Å². The van der Waals surface area contributed by atoms with Gasteiger partial charge in [0.05, 0.1) is 0 Å². The molecular weight excluding hydrogens is 329 g/mol. The lowest BCUT2D eigenvalue weighted by Crippen LogP contribution is -2.19. The molecule has 0 aromatic heterocycles. The van der Waals surface area contributed by atoms with Crippen LogP contribution in [0.15, 0.2) is 41.4 Å². The zero-order valence-corrected chi connectivity index (χ0v) is 17.0. The van der Waals surface area contributed by atoms with Crippen LogP contribution in [-0.4, -0.2) is 27.2 Å². The van der Waals surface area contributed by atoms with Gasteiger partial charge in [-0.1, -0.05) is 59.7 Å². The molecule has 0 radical (unpaired) electrons. The summed E-state index contributed by atoms with van der Waals surface area (Å²) in [5.74, 6) is 0.927. The van der Waals surface area contributed by atoms with Crippen LogP contribution in [0.25, 0.3) is 0 Å². The van der Waals surface area contributed by atoms with E-state index >= 15 is 0 Å². The number of nitrogens with zero attached hydrogens (tertiary/aromatic N) is 1. The zero-order chi connectivity index (χ0) is 18.4. The van der Waals surface area contributed by atoms with Crippen LogP contribution in [0.5, 0.6) is 5.75 Å². The number of hydrogen-bond acceptors (Lipinski definition) is 3. The Balaban J connectivity index is 2.52. The van der Waals surface area contributed by atoms with Crippen molar-refractivity contribution < 1.29 is 9.47 Å². The summed E-state index contributed by atoms with van der Waals surface area (Å²) in [5.41, 5.74) is 3.71. The SMILES string of the molecule is CN=Cc1ccccc1Pc1cc(C(C)(C)C)cc(C)c1OCOC. The van der Waals surface area contributed by atoms with Crippen LogP contribution in [-0.2, 0) is 10.2 Å². The minimum atomic E-state index is 0.0914. The summed E-state index contributed by atoms with van der Waals surface area (Å²) in [6.45, 7) is 9.07. The van der Waals surface area contributed by atoms with E-state index in [0.29, 0.717) is 8.58 Å². The lowest BCUT2D eigenvalue weighted by molar-refractivity contribution is 0.0514. The molecule has 0 fully saturated rings. The highest BCUT2D eigenvalue weighted by atomic mass is 31.1. The van der Waals surface area contributed by atoms with Crippen LogP contribution >= 0.6 is 8.58 Å². The maximum Gasteiger partial charge on any atom is 0.188 e. The summed E-state index contributed by atoms with van der Waals surface area (Å²) in [6.07, 6.45) is 1.92. The summed E-state index contributed by atoms with van der Waals surface area (Å²) in [6, 6.07) is 12.9. The summed E-state index contributed by atoms with van der Waals surface area (Å²) in [5, 5.41) is 2.47. The van der Waals surface area contributed by atoms with Crippen LogP contribution in [0.2, 0.25) is 0 Å². The number of hydrogen-bond donors (Lipinski definition) is 0. The van der Waals surface area contributed by atoms with Crippen molar-refractivity contribution in [1.29, 1.82) is 0 Å². The molecule has 0 bridgehead atoms. The molecule has 25 heavy (non-hydrogen) atoms. The lowest BCUT2D eigenvalue weighted by Gasteiger charge is -2.23. The first-order chi connectivity index (χ1) is 11.9. The zero-order valence-electron chi connectivity index (χ0n) is 16.0. The number of aliphatic imine (C=N–C) groups is 1. The molecule has 0 spiro atoms. The molecule has 0 amide bonds. The number of benzene rings is 2. The first-order valence-corrected chi connectivity index (χ1v) is 9.42. The molecule has 0 aliphatic carbocycles. The van der Waals surface area contributed by atoms with Gasteiger partial charge in [-0.3, -0.25) is 4.99 Å². The Bertz CT molecular complexity index is 748. The Hall–Kier alpha value is -1.70. The van der Waals surface area contributed by atoms with Crippen molar-refractivity contribution in [2.75, 3.05) is 21.0 Å². The van der Waals surface area contributed by atoms with Crippen LogP contribution < -0.4 is 15.3 Å². The second-order valence-electron chi connectivity index (χ2n) is 7.07. The molecule has 0 aliphatic rings. The first kappa shape index (κ1) is 19.6. The van der Waals surface area contributed by atoms with Crippen LogP contribution in [0.1, 0.15) is 37.5 Å². The highest BCUT2D eigenvalue weighted by Crippen LogP contribution is 2.30. The number of rotatable bonds is 6.